The lowest BCUT2D eigenvalue weighted by atomic mass is 9.66. The third kappa shape index (κ3) is 4.73. The van der Waals surface area contributed by atoms with Gasteiger partial charge in [-0.1, -0.05) is 55.8 Å². The van der Waals surface area contributed by atoms with E-state index in [9.17, 15) is 19.5 Å². The van der Waals surface area contributed by atoms with Crippen LogP contribution >= 0.6 is 11.8 Å². The molecule has 1 aromatic rings. The first kappa shape index (κ1) is 29.4. The summed E-state index contributed by atoms with van der Waals surface area (Å²) in [7, 11) is 1.75. The molecule has 0 aliphatic carbocycles. The van der Waals surface area contributed by atoms with E-state index in [1.54, 1.807) is 40.8 Å². The van der Waals surface area contributed by atoms with Crippen LogP contribution in [0, 0.1) is 11.8 Å². The molecule has 39 heavy (non-hydrogen) atoms. The number of hydrogen-bond donors (Lipinski definition) is 1. The molecule has 0 aromatic heterocycles. The van der Waals surface area contributed by atoms with Crippen LogP contribution in [0.4, 0.5) is 0 Å². The van der Waals surface area contributed by atoms with Gasteiger partial charge < -0.3 is 19.8 Å². The maximum Gasteiger partial charge on any atom is 0.247 e. The van der Waals surface area contributed by atoms with Crippen LogP contribution in [0.3, 0.4) is 0 Å². The number of carbonyl (C=O) groups excluding carboxylic acids is 3. The Morgan fingerprint density at radius 1 is 1.18 bits per heavy atom. The highest BCUT2D eigenvalue weighted by atomic mass is 32.2. The monoisotopic (exact) mass is 553 g/mol. The molecule has 0 saturated carbocycles. The summed E-state index contributed by atoms with van der Waals surface area (Å²) in [5.74, 6) is -1.60. The summed E-state index contributed by atoms with van der Waals surface area (Å²) < 4.78 is -1.19. The van der Waals surface area contributed by atoms with E-state index in [1.807, 2.05) is 42.2 Å². The van der Waals surface area contributed by atoms with Crippen molar-refractivity contribution in [3.8, 4) is 0 Å². The molecule has 1 spiro atoms. The molecule has 1 aromatic carbocycles. The van der Waals surface area contributed by atoms with E-state index in [-0.39, 0.29) is 30.4 Å². The Morgan fingerprint density at radius 2 is 1.85 bits per heavy atom. The van der Waals surface area contributed by atoms with Gasteiger partial charge in [-0.05, 0) is 38.7 Å². The minimum atomic E-state index is -0.791. The average Bonchev–Trinajstić information content (AvgIpc) is 3.49. The molecule has 3 unspecified atom stereocenters. The fourth-order valence-electron chi connectivity index (χ4n) is 7.26. The number of aliphatic hydroxyl groups is 1. The van der Waals surface area contributed by atoms with Gasteiger partial charge in [-0.15, -0.1) is 24.9 Å². The lowest BCUT2D eigenvalue weighted by Gasteiger charge is -2.41. The molecular formula is C31H43N3O4S. The average molecular weight is 554 g/mol. The minimum absolute atomic E-state index is 0.0347. The number of fused-ring (bicyclic) bond motifs is 1. The predicted molar refractivity (Wildman–Crippen MR) is 156 cm³/mol. The fourth-order valence-corrected chi connectivity index (χ4v) is 9.59. The van der Waals surface area contributed by atoms with Gasteiger partial charge >= 0.3 is 0 Å². The van der Waals surface area contributed by atoms with Crippen molar-refractivity contribution in [3.63, 3.8) is 0 Å². The van der Waals surface area contributed by atoms with Gasteiger partial charge in [-0.25, -0.2) is 0 Å². The zero-order chi connectivity index (χ0) is 28.5. The number of likely N-dealkylation sites (tertiary alicyclic amines) is 1. The summed E-state index contributed by atoms with van der Waals surface area (Å²) >= 11 is 1.66. The molecule has 3 aliphatic heterocycles. The van der Waals surface area contributed by atoms with Crippen LogP contribution in [0.1, 0.15) is 58.1 Å². The van der Waals surface area contributed by atoms with Crippen molar-refractivity contribution in [3.05, 3.63) is 61.2 Å². The van der Waals surface area contributed by atoms with Gasteiger partial charge in [0, 0.05) is 30.9 Å². The third-order valence-corrected chi connectivity index (χ3v) is 11.0. The van der Waals surface area contributed by atoms with E-state index < -0.39 is 33.4 Å². The van der Waals surface area contributed by atoms with Gasteiger partial charge in [-0.2, -0.15) is 0 Å². The largest absolute Gasteiger partial charge is 0.394 e. The zero-order valence-electron chi connectivity index (χ0n) is 23.7. The molecule has 3 saturated heterocycles. The Morgan fingerprint density at radius 3 is 2.44 bits per heavy atom. The quantitative estimate of drug-likeness (QED) is 0.395. The van der Waals surface area contributed by atoms with E-state index in [0.29, 0.717) is 19.5 Å². The van der Waals surface area contributed by atoms with Crippen molar-refractivity contribution in [2.75, 3.05) is 26.7 Å². The fraction of sp³-hybridized carbons (Fsp3) is 0.581. The summed E-state index contributed by atoms with van der Waals surface area (Å²) in [6.07, 6.45) is 6.59. The molecule has 0 radical (unpaired) electrons. The topological polar surface area (TPSA) is 81.2 Å². The Labute approximate surface area is 237 Å². The van der Waals surface area contributed by atoms with Gasteiger partial charge in [0.15, 0.2) is 0 Å². The molecule has 4 rings (SSSR count). The molecule has 8 heteroatoms. The molecular weight excluding hydrogens is 510 g/mol. The Hall–Kier alpha value is -2.58. The Bertz CT molecular complexity index is 1110. The number of amides is 3. The third-order valence-electron chi connectivity index (χ3n) is 9.03. The molecule has 3 aliphatic rings. The number of thioether (sulfide) groups is 1. The molecule has 212 valence electrons. The molecule has 3 heterocycles. The Kier molecular flexibility index (Phi) is 8.67. The van der Waals surface area contributed by atoms with Crippen LogP contribution in [-0.2, 0) is 14.4 Å². The summed E-state index contributed by atoms with van der Waals surface area (Å²) in [6.45, 7) is 14.3. The van der Waals surface area contributed by atoms with Crippen LogP contribution in [0.5, 0.6) is 0 Å². The molecule has 3 amide bonds. The second-order valence-electron chi connectivity index (χ2n) is 11.5. The first-order valence-electron chi connectivity index (χ1n) is 14.1. The van der Waals surface area contributed by atoms with E-state index >= 15 is 0 Å². The van der Waals surface area contributed by atoms with E-state index in [2.05, 4.69) is 27.0 Å². The van der Waals surface area contributed by atoms with Crippen molar-refractivity contribution in [2.24, 2.45) is 11.8 Å². The lowest BCUT2D eigenvalue weighted by molar-refractivity contribution is -0.148. The molecule has 3 fully saturated rings. The van der Waals surface area contributed by atoms with Gasteiger partial charge in [0.05, 0.1) is 29.2 Å². The first-order valence-corrected chi connectivity index (χ1v) is 14.9. The minimum Gasteiger partial charge on any atom is -0.394 e. The Balaban J connectivity index is 1.87. The number of carbonyl (C=O) groups is 3. The number of rotatable bonds is 12. The van der Waals surface area contributed by atoms with Gasteiger partial charge in [0.25, 0.3) is 0 Å². The molecule has 1 N–H and O–H groups in total. The zero-order valence-corrected chi connectivity index (χ0v) is 24.5. The van der Waals surface area contributed by atoms with Crippen LogP contribution in [0.2, 0.25) is 0 Å². The van der Waals surface area contributed by atoms with E-state index in [1.165, 1.54) is 0 Å². The summed E-state index contributed by atoms with van der Waals surface area (Å²) in [6, 6.07) is 7.90. The maximum atomic E-state index is 14.7. The highest BCUT2D eigenvalue weighted by Crippen LogP contribution is 2.72. The molecule has 7 atom stereocenters. The van der Waals surface area contributed by atoms with Crippen LogP contribution in [-0.4, -0.2) is 85.8 Å². The van der Waals surface area contributed by atoms with Gasteiger partial charge in [0.2, 0.25) is 17.7 Å². The number of benzene rings is 1. The van der Waals surface area contributed by atoms with Crippen molar-refractivity contribution < 1.29 is 19.5 Å². The first-order chi connectivity index (χ1) is 18.6. The number of hydrogen-bond acceptors (Lipinski definition) is 5. The SMILES string of the molecule is C=CCN(C)C(=O)[C@H]1[C@H]2C(=O)N([C@H](CO)c3ccccc3)C(C(=O)N(CC=C)C(C)CCC)C23CC[C@]1(C)S3. The van der Waals surface area contributed by atoms with Crippen LogP contribution in [0.25, 0.3) is 0 Å². The highest BCUT2D eigenvalue weighted by Gasteiger charge is 2.78. The standard InChI is InChI=1S/C31H43N3O4S/c1-7-13-21(4)33(19-9-3)29(38)26-31-17-16-30(5,39-31)24(27(36)32(6)18-8-2)25(31)28(37)34(26)23(20-35)22-14-11-10-12-15-22/h8-12,14-15,21,23-26,35H,2-3,7,13,16-20H2,1,4-6H3/t21?,23-,24-,25+,26?,30+,31?/m1/s1. The summed E-state index contributed by atoms with van der Waals surface area (Å²) in [5.41, 5.74) is 0.775. The normalized spacial score (nSPS) is 30.5. The molecule has 7 nitrogen and oxygen atoms in total. The summed E-state index contributed by atoms with van der Waals surface area (Å²) in [5, 5.41) is 10.7. The lowest BCUT2D eigenvalue weighted by Crippen LogP contribution is -2.57. The maximum absolute atomic E-state index is 14.7. The van der Waals surface area contributed by atoms with E-state index in [0.717, 1.165) is 24.8 Å². The van der Waals surface area contributed by atoms with Crippen molar-refractivity contribution in [1.82, 2.24) is 14.7 Å². The second-order valence-corrected chi connectivity index (χ2v) is 13.4. The van der Waals surface area contributed by atoms with E-state index in [4.69, 9.17) is 0 Å². The van der Waals surface area contributed by atoms with Crippen molar-refractivity contribution in [2.45, 2.75) is 74.1 Å². The number of aliphatic hydroxyl groups excluding tert-OH is 1. The number of nitrogens with zero attached hydrogens (tertiary/aromatic N) is 3. The van der Waals surface area contributed by atoms with Crippen LogP contribution in [0.15, 0.2) is 55.6 Å². The van der Waals surface area contributed by atoms with Crippen molar-refractivity contribution >= 4 is 29.5 Å². The summed E-state index contributed by atoms with van der Waals surface area (Å²) in [4.78, 5) is 48.3. The highest BCUT2D eigenvalue weighted by molar-refractivity contribution is 8.02. The van der Waals surface area contributed by atoms with Crippen molar-refractivity contribution in [1.29, 1.82) is 0 Å². The van der Waals surface area contributed by atoms with Crippen LogP contribution < -0.4 is 0 Å². The number of likely N-dealkylation sites (N-methyl/N-ethyl adjacent to an activating group) is 1. The predicted octanol–water partition coefficient (Wildman–Crippen LogP) is 4.05. The molecule has 2 bridgehead atoms. The smallest absolute Gasteiger partial charge is 0.247 e. The second kappa shape index (κ2) is 11.5. The van der Waals surface area contributed by atoms with Gasteiger partial charge in [0.1, 0.15) is 6.04 Å². The van der Waals surface area contributed by atoms with Gasteiger partial charge in [-0.3, -0.25) is 14.4 Å².